The zero-order valence-corrected chi connectivity index (χ0v) is 16.4. The van der Waals surface area contributed by atoms with E-state index in [1.807, 2.05) is 19.0 Å². The number of nitrogens with zero attached hydrogens (tertiary/aromatic N) is 2. The normalized spacial score (nSPS) is 11.3. The summed E-state index contributed by atoms with van der Waals surface area (Å²) in [6.07, 6.45) is 0. The molecule has 0 aliphatic heterocycles. The molecule has 0 aliphatic carbocycles. The number of hydrogen-bond acceptors (Lipinski definition) is 6. The quantitative estimate of drug-likeness (QED) is 0.615. The molecule has 0 saturated heterocycles. The third-order valence-electron chi connectivity index (χ3n) is 2.83. The lowest BCUT2D eigenvalue weighted by atomic mass is 10.3. The lowest BCUT2D eigenvalue weighted by molar-refractivity contribution is -0.146. The minimum absolute atomic E-state index is 0. The number of halogens is 2. The summed E-state index contributed by atoms with van der Waals surface area (Å²) in [6, 6.07) is 4.06. The van der Waals surface area contributed by atoms with Gasteiger partial charge in [-0.25, -0.2) is 17.5 Å². The average molecular weight is 401 g/mol. The van der Waals surface area contributed by atoms with Crippen molar-refractivity contribution in [1.82, 2.24) is 9.21 Å². The molecular weight excluding hydrogens is 379 g/mol. The monoisotopic (exact) mass is 400 g/mol. The Morgan fingerprint density at radius 3 is 2.33 bits per heavy atom. The second kappa shape index (κ2) is 10.0. The second-order valence-electron chi connectivity index (χ2n) is 5.19. The molecule has 1 aromatic carbocycles. The highest BCUT2D eigenvalue weighted by molar-refractivity contribution is 7.89. The van der Waals surface area contributed by atoms with Crippen LogP contribution in [0.5, 0.6) is 5.75 Å². The molecule has 0 amide bonds. The minimum Gasteiger partial charge on any atom is -0.480 e. The molecule has 7 nitrogen and oxygen atoms in total. The summed E-state index contributed by atoms with van der Waals surface area (Å²) in [7, 11) is 3.02. The summed E-state index contributed by atoms with van der Waals surface area (Å²) in [6.45, 7) is 0.583. The standard InChI is InChI=1S/C14H21ClN2O5S.ClH/c1-16(2)7-8-21-14(18)10-22-13-6-5-11(9-12(13)15)23(19,20)17(3)4;/h5-6,9H,7-8,10H2,1-4H3;1H. The fourth-order valence-corrected chi connectivity index (χ4v) is 2.72. The Morgan fingerprint density at radius 1 is 1.21 bits per heavy atom. The SMILES string of the molecule is CN(C)CCOC(=O)COc1ccc(S(=O)(=O)N(C)C)cc1Cl.Cl. The Morgan fingerprint density at radius 2 is 1.83 bits per heavy atom. The van der Waals surface area contributed by atoms with E-state index in [2.05, 4.69) is 0 Å². The van der Waals surface area contributed by atoms with Crippen LogP contribution in [0.3, 0.4) is 0 Å². The molecule has 1 aromatic rings. The zero-order valence-electron chi connectivity index (χ0n) is 14.0. The Hall–Kier alpha value is -1.06. The first kappa shape index (κ1) is 22.9. The molecule has 1 rings (SSSR count). The van der Waals surface area contributed by atoms with Gasteiger partial charge in [0.05, 0.1) is 9.92 Å². The number of rotatable bonds is 8. The fourth-order valence-electron chi connectivity index (χ4n) is 1.49. The van der Waals surface area contributed by atoms with Crippen LogP contribution in [0.4, 0.5) is 0 Å². The van der Waals surface area contributed by atoms with Crippen LogP contribution in [-0.4, -0.2) is 71.5 Å². The molecule has 0 spiro atoms. The van der Waals surface area contributed by atoms with Crippen LogP contribution >= 0.6 is 24.0 Å². The van der Waals surface area contributed by atoms with Crippen LogP contribution in [0.25, 0.3) is 0 Å². The number of sulfonamides is 1. The number of ether oxygens (including phenoxy) is 2. The van der Waals surface area contributed by atoms with Gasteiger partial charge >= 0.3 is 5.97 Å². The van der Waals surface area contributed by atoms with Crippen molar-refractivity contribution in [3.8, 4) is 5.75 Å². The largest absolute Gasteiger partial charge is 0.480 e. The van der Waals surface area contributed by atoms with Gasteiger partial charge in [0.1, 0.15) is 12.4 Å². The van der Waals surface area contributed by atoms with Gasteiger partial charge in [-0.1, -0.05) is 11.6 Å². The molecule has 0 aromatic heterocycles. The van der Waals surface area contributed by atoms with E-state index in [4.69, 9.17) is 21.1 Å². The maximum absolute atomic E-state index is 12.0. The molecule has 0 N–H and O–H groups in total. The topological polar surface area (TPSA) is 76.1 Å². The summed E-state index contributed by atoms with van der Waals surface area (Å²) in [5.74, 6) is -0.304. The lowest BCUT2D eigenvalue weighted by Gasteiger charge is -2.13. The van der Waals surface area contributed by atoms with Crippen molar-refractivity contribution >= 4 is 40.0 Å². The van der Waals surface area contributed by atoms with E-state index in [0.29, 0.717) is 6.54 Å². The zero-order chi connectivity index (χ0) is 17.6. The predicted octanol–water partition coefficient (Wildman–Crippen LogP) is 1.50. The average Bonchev–Trinajstić information content (AvgIpc) is 2.45. The Bertz CT molecular complexity index is 651. The lowest BCUT2D eigenvalue weighted by Crippen LogP contribution is -2.23. The number of carbonyl (C=O) groups is 1. The van der Waals surface area contributed by atoms with Crippen molar-refractivity contribution in [3.63, 3.8) is 0 Å². The number of carbonyl (C=O) groups excluding carboxylic acids is 1. The van der Waals surface area contributed by atoms with E-state index in [0.717, 1.165) is 4.31 Å². The summed E-state index contributed by atoms with van der Waals surface area (Å²) >= 11 is 6.00. The minimum atomic E-state index is -3.57. The Labute approximate surface area is 153 Å². The molecule has 0 unspecified atom stereocenters. The van der Waals surface area contributed by atoms with E-state index in [1.54, 1.807) is 0 Å². The number of likely N-dealkylation sites (N-methyl/N-ethyl adjacent to an activating group) is 1. The highest BCUT2D eigenvalue weighted by Crippen LogP contribution is 2.28. The van der Waals surface area contributed by atoms with Gasteiger partial charge in [-0.05, 0) is 32.3 Å². The van der Waals surface area contributed by atoms with Crippen LogP contribution in [0.1, 0.15) is 0 Å². The van der Waals surface area contributed by atoms with E-state index < -0.39 is 16.0 Å². The maximum Gasteiger partial charge on any atom is 0.344 e. The first-order chi connectivity index (χ1) is 10.6. The first-order valence-electron chi connectivity index (χ1n) is 6.80. The summed E-state index contributed by atoms with van der Waals surface area (Å²) in [4.78, 5) is 13.4. The van der Waals surface area contributed by atoms with Crippen LogP contribution in [0.2, 0.25) is 5.02 Å². The first-order valence-corrected chi connectivity index (χ1v) is 8.61. The molecule has 0 bridgehead atoms. The van der Waals surface area contributed by atoms with E-state index in [-0.39, 0.29) is 41.3 Å². The van der Waals surface area contributed by atoms with Gasteiger partial charge in [0.2, 0.25) is 10.0 Å². The molecule has 0 atom stereocenters. The van der Waals surface area contributed by atoms with Crippen molar-refractivity contribution in [2.75, 3.05) is 47.9 Å². The molecule has 10 heteroatoms. The fraction of sp³-hybridized carbons (Fsp3) is 0.500. The van der Waals surface area contributed by atoms with Crippen molar-refractivity contribution < 1.29 is 22.7 Å². The van der Waals surface area contributed by atoms with E-state index in [1.165, 1.54) is 32.3 Å². The second-order valence-corrected chi connectivity index (χ2v) is 7.75. The van der Waals surface area contributed by atoms with Gasteiger partial charge < -0.3 is 14.4 Å². The van der Waals surface area contributed by atoms with Crippen LogP contribution in [0, 0.1) is 0 Å². The predicted molar refractivity (Wildman–Crippen MR) is 94.6 cm³/mol. The number of benzene rings is 1. The van der Waals surface area contributed by atoms with Gasteiger partial charge in [0, 0.05) is 20.6 Å². The van der Waals surface area contributed by atoms with E-state index in [9.17, 15) is 13.2 Å². The van der Waals surface area contributed by atoms with Gasteiger partial charge in [-0.3, -0.25) is 0 Å². The van der Waals surface area contributed by atoms with Crippen molar-refractivity contribution in [1.29, 1.82) is 0 Å². The molecule has 24 heavy (non-hydrogen) atoms. The molecule has 0 saturated carbocycles. The molecule has 0 aliphatic rings. The summed E-state index contributed by atoms with van der Waals surface area (Å²) < 4.78 is 35.3. The highest BCUT2D eigenvalue weighted by atomic mass is 35.5. The van der Waals surface area contributed by atoms with Crippen molar-refractivity contribution in [2.45, 2.75) is 4.90 Å². The van der Waals surface area contributed by atoms with Gasteiger partial charge in [0.15, 0.2) is 6.61 Å². The molecule has 0 fully saturated rings. The van der Waals surface area contributed by atoms with Gasteiger partial charge in [-0.2, -0.15) is 0 Å². The van der Waals surface area contributed by atoms with Gasteiger partial charge in [-0.15, -0.1) is 12.4 Å². The molecule has 0 heterocycles. The Kier molecular flexibility index (Phi) is 9.61. The maximum atomic E-state index is 12.0. The third kappa shape index (κ3) is 6.82. The van der Waals surface area contributed by atoms with E-state index >= 15 is 0 Å². The van der Waals surface area contributed by atoms with Crippen LogP contribution in [-0.2, 0) is 19.6 Å². The molecular formula is C14H22Cl2N2O5S. The molecule has 138 valence electrons. The van der Waals surface area contributed by atoms with Crippen molar-refractivity contribution in [3.05, 3.63) is 23.2 Å². The summed E-state index contributed by atoms with van der Waals surface area (Å²) in [5.41, 5.74) is 0. The Balaban J connectivity index is 0.00000529. The third-order valence-corrected chi connectivity index (χ3v) is 4.94. The summed E-state index contributed by atoms with van der Waals surface area (Å²) in [5, 5.41) is 0.106. The molecule has 0 radical (unpaired) electrons. The smallest absolute Gasteiger partial charge is 0.344 e. The van der Waals surface area contributed by atoms with Gasteiger partial charge in [0.25, 0.3) is 0 Å². The highest BCUT2D eigenvalue weighted by Gasteiger charge is 2.19. The van der Waals surface area contributed by atoms with Crippen LogP contribution in [0.15, 0.2) is 23.1 Å². The number of hydrogen-bond donors (Lipinski definition) is 0. The number of esters is 1. The van der Waals surface area contributed by atoms with Crippen LogP contribution < -0.4 is 4.74 Å². The van der Waals surface area contributed by atoms with Crippen molar-refractivity contribution in [2.24, 2.45) is 0 Å².